The first-order valence-corrected chi connectivity index (χ1v) is 6.17. The number of hydrogen-bond donors (Lipinski definition) is 0. The van der Waals surface area contributed by atoms with Gasteiger partial charge in [0.2, 0.25) is 0 Å². The highest BCUT2D eigenvalue weighted by molar-refractivity contribution is 5.99. The summed E-state index contributed by atoms with van der Waals surface area (Å²) in [6.07, 6.45) is 0.337. The summed E-state index contributed by atoms with van der Waals surface area (Å²) >= 11 is 0. The van der Waals surface area contributed by atoms with Crippen LogP contribution in [0.4, 0.5) is 0 Å². The van der Waals surface area contributed by atoms with Gasteiger partial charge in [-0.3, -0.25) is 4.79 Å². The maximum absolute atomic E-state index is 11.8. The first-order chi connectivity index (χ1) is 8.55. The van der Waals surface area contributed by atoms with Crippen LogP contribution in [0.15, 0.2) is 18.2 Å². The number of rotatable bonds is 1. The zero-order chi connectivity index (χ0) is 12.8. The summed E-state index contributed by atoms with van der Waals surface area (Å²) in [5.41, 5.74) is 1.63. The third kappa shape index (κ3) is 2.02. The Morgan fingerprint density at radius 1 is 1.33 bits per heavy atom. The average Bonchev–Trinajstić information content (AvgIpc) is 2.70. The number of ketones is 1. The molecule has 4 heteroatoms. The molecule has 1 atom stereocenters. The van der Waals surface area contributed by atoms with Crippen LogP contribution in [0.3, 0.4) is 0 Å². The van der Waals surface area contributed by atoms with Gasteiger partial charge < -0.3 is 14.2 Å². The minimum atomic E-state index is -0.554. The second-order valence-electron chi connectivity index (χ2n) is 5.09. The topological polar surface area (TPSA) is 44.8 Å². The second-order valence-corrected chi connectivity index (χ2v) is 5.09. The van der Waals surface area contributed by atoms with Crippen LogP contribution in [-0.4, -0.2) is 24.8 Å². The number of carbonyl (C=O) groups excluding carboxylic acids is 1. The number of hydrogen-bond acceptors (Lipinski definition) is 4. The summed E-state index contributed by atoms with van der Waals surface area (Å²) in [5.74, 6) is 0.255. The van der Waals surface area contributed by atoms with E-state index in [0.29, 0.717) is 30.9 Å². The molecule has 0 N–H and O–H groups in total. The molecule has 1 aromatic rings. The van der Waals surface area contributed by atoms with Gasteiger partial charge in [0, 0.05) is 6.42 Å². The lowest BCUT2D eigenvalue weighted by molar-refractivity contribution is -0.139. The lowest BCUT2D eigenvalue weighted by atomic mass is 10.00. The highest BCUT2D eigenvalue weighted by atomic mass is 16.7. The maximum Gasteiger partial charge on any atom is 0.170 e. The average molecular weight is 248 g/mol. The van der Waals surface area contributed by atoms with E-state index in [4.69, 9.17) is 14.2 Å². The molecule has 4 nitrogen and oxygen atoms in total. The number of Topliss-reactive ketones (excluding diaryl/α,β-unsaturated/α-hetero) is 1. The Kier molecular flexibility index (Phi) is 2.64. The molecule has 1 fully saturated rings. The van der Waals surface area contributed by atoms with E-state index in [9.17, 15) is 4.79 Å². The normalized spacial score (nSPS) is 25.7. The number of benzene rings is 1. The Balaban J connectivity index is 1.91. The fourth-order valence-corrected chi connectivity index (χ4v) is 2.33. The van der Waals surface area contributed by atoms with Gasteiger partial charge in [-0.15, -0.1) is 0 Å². The molecule has 2 aliphatic heterocycles. The summed E-state index contributed by atoms with van der Waals surface area (Å²) in [5, 5.41) is 0. The first kappa shape index (κ1) is 11.7. The van der Waals surface area contributed by atoms with E-state index in [1.54, 1.807) is 0 Å². The molecule has 0 saturated carbocycles. The van der Waals surface area contributed by atoms with Crippen molar-refractivity contribution in [3.63, 3.8) is 0 Å². The Morgan fingerprint density at radius 2 is 2.17 bits per heavy atom. The quantitative estimate of drug-likeness (QED) is 0.766. The van der Waals surface area contributed by atoms with Crippen molar-refractivity contribution in [3.05, 3.63) is 29.3 Å². The van der Waals surface area contributed by atoms with Crippen LogP contribution < -0.4 is 4.74 Å². The number of fused-ring (bicyclic) bond motifs is 1. The van der Waals surface area contributed by atoms with E-state index in [1.165, 1.54) is 0 Å². The smallest absolute Gasteiger partial charge is 0.170 e. The van der Waals surface area contributed by atoms with Crippen LogP contribution in [0.2, 0.25) is 0 Å². The van der Waals surface area contributed by atoms with Crippen molar-refractivity contribution in [1.82, 2.24) is 0 Å². The second kappa shape index (κ2) is 4.07. The van der Waals surface area contributed by atoms with Crippen molar-refractivity contribution in [1.29, 1.82) is 0 Å². The molecule has 0 aliphatic carbocycles. The Morgan fingerprint density at radius 3 is 2.89 bits per heavy atom. The van der Waals surface area contributed by atoms with Gasteiger partial charge in [-0.1, -0.05) is 6.07 Å². The number of carbonyl (C=O) groups is 1. The molecule has 18 heavy (non-hydrogen) atoms. The predicted octanol–water partition coefficient (Wildman–Crippen LogP) is 2.48. The van der Waals surface area contributed by atoms with Crippen LogP contribution in [0.25, 0.3) is 0 Å². The molecule has 1 unspecified atom stereocenters. The zero-order valence-electron chi connectivity index (χ0n) is 10.6. The van der Waals surface area contributed by atoms with Crippen molar-refractivity contribution < 1.29 is 19.0 Å². The third-order valence-corrected chi connectivity index (χ3v) is 3.27. The van der Waals surface area contributed by atoms with Gasteiger partial charge in [-0.2, -0.15) is 0 Å². The Bertz CT molecular complexity index is 493. The fourth-order valence-electron chi connectivity index (χ4n) is 2.33. The lowest BCUT2D eigenvalue weighted by Crippen LogP contribution is -2.20. The summed E-state index contributed by atoms with van der Waals surface area (Å²) in [4.78, 5) is 11.8. The molecule has 1 saturated heterocycles. The van der Waals surface area contributed by atoms with Crippen molar-refractivity contribution in [2.24, 2.45) is 0 Å². The maximum atomic E-state index is 11.8. The zero-order valence-corrected chi connectivity index (χ0v) is 10.6. The fraction of sp³-hybridized carbons (Fsp3) is 0.500. The van der Waals surface area contributed by atoms with Crippen LogP contribution in [0.1, 0.15) is 42.3 Å². The van der Waals surface area contributed by atoms with E-state index < -0.39 is 5.79 Å². The minimum absolute atomic E-state index is 0.111. The Hall–Kier alpha value is -1.39. The molecule has 1 aromatic carbocycles. The molecular formula is C14H16O4. The molecule has 2 aliphatic rings. The monoisotopic (exact) mass is 248 g/mol. The number of ether oxygens (including phenoxy) is 3. The molecule has 0 radical (unpaired) electrons. The van der Waals surface area contributed by atoms with Gasteiger partial charge in [0.15, 0.2) is 11.6 Å². The van der Waals surface area contributed by atoms with Crippen LogP contribution in [0, 0.1) is 0 Å². The van der Waals surface area contributed by atoms with Crippen molar-refractivity contribution in [2.75, 3.05) is 13.2 Å². The van der Waals surface area contributed by atoms with Gasteiger partial charge in [-0.25, -0.2) is 0 Å². The molecule has 0 amide bonds. The van der Waals surface area contributed by atoms with Crippen molar-refractivity contribution in [3.8, 4) is 5.75 Å². The largest absolute Gasteiger partial charge is 0.492 e. The van der Waals surface area contributed by atoms with Gasteiger partial charge in [0.05, 0.1) is 18.8 Å². The molecule has 2 heterocycles. The van der Waals surface area contributed by atoms with E-state index in [0.717, 1.165) is 5.56 Å². The lowest BCUT2D eigenvalue weighted by Gasteiger charge is -2.20. The predicted molar refractivity (Wildman–Crippen MR) is 64.7 cm³/mol. The summed E-state index contributed by atoms with van der Waals surface area (Å²) < 4.78 is 16.8. The van der Waals surface area contributed by atoms with Gasteiger partial charge in [0.25, 0.3) is 0 Å². The van der Waals surface area contributed by atoms with Gasteiger partial charge in [-0.05, 0) is 31.5 Å². The van der Waals surface area contributed by atoms with E-state index in [1.807, 2.05) is 32.0 Å². The SMILES string of the molecule is CC1(C)OCC(c2ccc3c(c2)C(=O)CCO3)O1. The summed E-state index contributed by atoms with van der Waals surface area (Å²) in [7, 11) is 0. The summed E-state index contributed by atoms with van der Waals surface area (Å²) in [6, 6.07) is 5.65. The molecule has 0 aromatic heterocycles. The molecule has 0 spiro atoms. The molecular weight excluding hydrogens is 232 g/mol. The highest BCUT2D eigenvalue weighted by Crippen LogP contribution is 2.35. The molecule has 3 rings (SSSR count). The first-order valence-electron chi connectivity index (χ1n) is 6.17. The van der Waals surface area contributed by atoms with Crippen molar-refractivity contribution >= 4 is 5.78 Å². The standard InChI is InChI=1S/C14H16O4/c1-14(2)17-8-13(18-14)9-3-4-12-10(7-9)11(15)5-6-16-12/h3-4,7,13H,5-6,8H2,1-2H3. The molecule has 96 valence electrons. The summed E-state index contributed by atoms with van der Waals surface area (Å²) in [6.45, 7) is 4.77. The van der Waals surface area contributed by atoms with Crippen molar-refractivity contribution in [2.45, 2.75) is 32.2 Å². The van der Waals surface area contributed by atoms with Crippen LogP contribution in [0.5, 0.6) is 5.75 Å². The van der Waals surface area contributed by atoms with Crippen LogP contribution >= 0.6 is 0 Å². The van der Waals surface area contributed by atoms with E-state index in [-0.39, 0.29) is 11.9 Å². The van der Waals surface area contributed by atoms with E-state index >= 15 is 0 Å². The Labute approximate surface area is 106 Å². The van der Waals surface area contributed by atoms with E-state index in [2.05, 4.69) is 0 Å². The molecule has 0 bridgehead atoms. The third-order valence-electron chi connectivity index (χ3n) is 3.27. The van der Waals surface area contributed by atoms with Crippen LogP contribution in [-0.2, 0) is 9.47 Å². The van der Waals surface area contributed by atoms with Gasteiger partial charge >= 0.3 is 0 Å². The minimum Gasteiger partial charge on any atom is -0.492 e. The highest BCUT2D eigenvalue weighted by Gasteiger charge is 2.34. The van der Waals surface area contributed by atoms with Gasteiger partial charge in [0.1, 0.15) is 11.9 Å².